The molecule has 0 amide bonds. The van der Waals surface area contributed by atoms with Crippen molar-refractivity contribution in [3.63, 3.8) is 0 Å². The van der Waals surface area contributed by atoms with Gasteiger partial charge in [-0.15, -0.1) is 0 Å². The monoisotopic (exact) mass is 420 g/mol. The Morgan fingerprint density at radius 3 is 2.89 bits per heavy atom. The summed E-state index contributed by atoms with van der Waals surface area (Å²) in [5.41, 5.74) is 15.3. The van der Waals surface area contributed by atoms with E-state index in [-0.39, 0.29) is 11.5 Å². The first-order valence-electron chi connectivity index (χ1n) is 8.40. The zero-order valence-electron chi connectivity index (χ0n) is 14.3. The summed E-state index contributed by atoms with van der Waals surface area (Å²) in [4.78, 5) is 0. The molecular weight excluding hydrogens is 403 g/mol. The quantitative estimate of drug-likeness (QED) is 0.587. The van der Waals surface area contributed by atoms with Crippen LogP contribution in [0.2, 0.25) is 10.0 Å². The molecule has 1 aliphatic rings. The number of benzene rings is 2. The third-order valence-corrected chi connectivity index (χ3v) is 5.96. The van der Waals surface area contributed by atoms with Crippen molar-refractivity contribution in [1.82, 2.24) is 15.2 Å². The highest BCUT2D eigenvalue weighted by atomic mass is 35.5. The van der Waals surface area contributed by atoms with Crippen LogP contribution in [0.4, 0.5) is 0 Å². The second-order valence-corrected chi connectivity index (χ2v) is 8.36. The summed E-state index contributed by atoms with van der Waals surface area (Å²) in [7, 11) is 0. The summed E-state index contributed by atoms with van der Waals surface area (Å²) in [5.74, 6) is 0. The van der Waals surface area contributed by atoms with Crippen molar-refractivity contribution in [2.24, 2.45) is 16.6 Å². The van der Waals surface area contributed by atoms with Crippen molar-refractivity contribution in [2.75, 3.05) is 6.54 Å². The van der Waals surface area contributed by atoms with Crippen LogP contribution in [0.1, 0.15) is 11.1 Å². The maximum Gasteiger partial charge on any atom is 0.147 e. The Kier molecular flexibility index (Phi) is 5.29. The highest BCUT2D eigenvalue weighted by Gasteiger charge is 2.26. The summed E-state index contributed by atoms with van der Waals surface area (Å²) >= 11 is 13.7. The lowest BCUT2D eigenvalue weighted by molar-refractivity contribution is 0.261. The van der Waals surface area contributed by atoms with Crippen molar-refractivity contribution in [1.29, 1.82) is 0 Å². The molecule has 0 fully saturated rings. The first kappa shape index (κ1) is 18.6. The van der Waals surface area contributed by atoms with Crippen LogP contribution < -0.4 is 11.5 Å². The number of halogens is 2. The van der Waals surface area contributed by atoms with E-state index in [1.807, 2.05) is 35.3 Å². The van der Waals surface area contributed by atoms with Gasteiger partial charge in [0, 0.05) is 27.0 Å². The SMILES string of the molecule is NC1SC(c2ccc3[nH]ncc3c2)=NN1C[C@H](N)Cc1ccc(Cl)cc1Cl. The molecule has 2 aromatic carbocycles. The Bertz CT molecular complexity index is 1000. The third kappa shape index (κ3) is 4.07. The van der Waals surface area contributed by atoms with E-state index in [1.165, 1.54) is 11.8 Å². The van der Waals surface area contributed by atoms with Crippen LogP contribution in [0.5, 0.6) is 0 Å². The molecule has 3 aromatic rings. The average molecular weight is 421 g/mol. The van der Waals surface area contributed by atoms with Gasteiger partial charge in [0.05, 0.1) is 18.3 Å². The van der Waals surface area contributed by atoms with E-state index in [2.05, 4.69) is 15.3 Å². The predicted octanol–water partition coefficient (Wildman–Crippen LogP) is 3.39. The average Bonchev–Trinajstić information content (AvgIpc) is 3.23. The standard InChI is InChI=1S/C18H18Cl2N6S/c19-13-3-1-10(15(20)7-13)6-14(21)9-26-18(22)27-17(25-26)11-2-4-16-12(5-11)8-23-24-16/h1-5,7-8,14,18H,6,9,21-22H2,(H,23,24)/t14-,18?/m1/s1. The van der Waals surface area contributed by atoms with Crippen LogP contribution in [0.3, 0.4) is 0 Å². The fourth-order valence-corrected chi connectivity index (χ4v) is 4.38. The lowest BCUT2D eigenvalue weighted by atomic mass is 10.1. The topological polar surface area (TPSA) is 96.3 Å². The number of hydrazone groups is 1. The molecule has 4 rings (SSSR count). The van der Waals surface area contributed by atoms with Gasteiger partial charge in [-0.1, -0.05) is 47.1 Å². The number of nitrogens with two attached hydrogens (primary N) is 2. The molecule has 27 heavy (non-hydrogen) atoms. The van der Waals surface area contributed by atoms with E-state index in [0.29, 0.717) is 23.0 Å². The van der Waals surface area contributed by atoms with Gasteiger partial charge in [0.15, 0.2) is 0 Å². The Balaban J connectivity index is 1.46. The summed E-state index contributed by atoms with van der Waals surface area (Å²) in [6.45, 7) is 0.532. The van der Waals surface area contributed by atoms with E-state index in [0.717, 1.165) is 27.1 Å². The molecule has 0 spiro atoms. The molecule has 140 valence electrons. The van der Waals surface area contributed by atoms with E-state index in [4.69, 9.17) is 34.7 Å². The molecule has 1 aliphatic heterocycles. The normalized spacial score (nSPS) is 18.1. The molecule has 0 saturated carbocycles. The van der Waals surface area contributed by atoms with Crippen molar-refractivity contribution in [2.45, 2.75) is 18.0 Å². The smallest absolute Gasteiger partial charge is 0.147 e. The van der Waals surface area contributed by atoms with E-state index in [1.54, 1.807) is 12.3 Å². The van der Waals surface area contributed by atoms with Crippen molar-refractivity contribution >= 4 is 50.9 Å². The highest BCUT2D eigenvalue weighted by molar-refractivity contribution is 8.15. The fourth-order valence-electron chi connectivity index (χ4n) is 2.99. The lowest BCUT2D eigenvalue weighted by Gasteiger charge is -2.23. The first-order valence-corrected chi connectivity index (χ1v) is 10.0. The lowest BCUT2D eigenvalue weighted by Crippen LogP contribution is -2.42. The third-order valence-electron chi connectivity index (χ3n) is 4.35. The zero-order chi connectivity index (χ0) is 19.0. The van der Waals surface area contributed by atoms with Crippen molar-refractivity contribution in [3.05, 3.63) is 63.8 Å². The minimum Gasteiger partial charge on any atom is -0.326 e. The second-order valence-electron chi connectivity index (χ2n) is 6.41. The molecule has 1 aromatic heterocycles. The number of hydrogen-bond donors (Lipinski definition) is 3. The van der Waals surface area contributed by atoms with Crippen LogP contribution in [-0.4, -0.2) is 38.3 Å². The van der Waals surface area contributed by atoms with Crippen LogP contribution in [0, 0.1) is 0 Å². The Morgan fingerprint density at radius 2 is 2.07 bits per heavy atom. The highest BCUT2D eigenvalue weighted by Crippen LogP contribution is 2.28. The summed E-state index contributed by atoms with van der Waals surface area (Å²) < 4.78 is 0. The molecule has 0 aliphatic carbocycles. The Morgan fingerprint density at radius 1 is 1.22 bits per heavy atom. The number of hydrogen-bond acceptors (Lipinski definition) is 6. The van der Waals surface area contributed by atoms with E-state index >= 15 is 0 Å². The van der Waals surface area contributed by atoms with Gasteiger partial charge in [-0.3, -0.25) is 10.1 Å². The maximum absolute atomic E-state index is 6.32. The van der Waals surface area contributed by atoms with Crippen LogP contribution >= 0.6 is 35.0 Å². The van der Waals surface area contributed by atoms with Crippen LogP contribution in [0.25, 0.3) is 10.9 Å². The number of aromatic nitrogens is 2. The molecule has 5 N–H and O–H groups in total. The van der Waals surface area contributed by atoms with Crippen molar-refractivity contribution < 1.29 is 0 Å². The van der Waals surface area contributed by atoms with Gasteiger partial charge >= 0.3 is 0 Å². The number of thioether (sulfide) groups is 1. The maximum atomic E-state index is 6.32. The molecular formula is C18H18Cl2N6S. The largest absolute Gasteiger partial charge is 0.326 e. The fraction of sp³-hybridized carbons (Fsp3) is 0.222. The molecule has 0 radical (unpaired) electrons. The summed E-state index contributed by atoms with van der Waals surface area (Å²) in [6.07, 6.45) is 2.41. The van der Waals surface area contributed by atoms with E-state index < -0.39 is 0 Å². The predicted molar refractivity (Wildman–Crippen MR) is 113 cm³/mol. The molecule has 0 bridgehead atoms. The molecule has 9 heteroatoms. The van der Waals surface area contributed by atoms with Crippen LogP contribution in [-0.2, 0) is 6.42 Å². The molecule has 1 unspecified atom stereocenters. The molecule has 6 nitrogen and oxygen atoms in total. The van der Waals surface area contributed by atoms with Gasteiger partial charge in [-0.25, -0.2) is 0 Å². The summed E-state index contributed by atoms with van der Waals surface area (Å²) in [5, 5.41) is 16.6. The van der Waals surface area contributed by atoms with Crippen LogP contribution in [0.15, 0.2) is 47.7 Å². The number of nitrogens with zero attached hydrogens (tertiary/aromatic N) is 3. The number of H-pyrrole nitrogens is 1. The number of rotatable bonds is 5. The molecule has 2 atom stereocenters. The van der Waals surface area contributed by atoms with E-state index in [9.17, 15) is 0 Å². The number of aromatic amines is 1. The van der Waals surface area contributed by atoms with Gasteiger partial charge in [0.1, 0.15) is 10.5 Å². The Labute approximate surface area is 170 Å². The zero-order valence-corrected chi connectivity index (χ0v) is 16.6. The van der Waals surface area contributed by atoms with Gasteiger partial charge in [-0.05, 0) is 36.2 Å². The molecule has 2 heterocycles. The van der Waals surface area contributed by atoms with Gasteiger partial charge in [0.2, 0.25) is 0 Å². The van der Waals surface area contributed by atoms with Gasteiger partial charge in [0.25, 0.3) is 0 Å². The number of nitrogens with one attached hydrogen (secondary N) is 1. The van der Waals surface area contributed by atoms with Crippen molar-refractivity contribution in [3.8, 4) is 0 Å². The molecule has 0 saturated heterocycles. The number of fused-ring (bicyclic) bond motifs is 1. The minimum absolute atomic E-state index is 0.158. The summed E-state index contributed by atoms with van der Waals surface area (Å²) in [6, 6.07) is 11.3. The van der Waals surface area contributed by atoms with Gasteiger partial charge in [-0.2, -0.15) is 10.2 Å². The Hall–Kier alpha value is -1.77. The first-order chi connectivity index (χ1) is 13.0. The second kappa shape index (κ2) is 7.69. The van der Waals surface area contributed by atoms with Gasteiger partial charge < -0.3 is 11.5 Å². The minimum atomic E-state index is -0.271.